The lowest BCUT2D eigenvalue weighted by molar-refractivity contribution is 0.224. The molecule has 2 N–H and O–H groups in total. The maximum Gasteiger partial charge on any atom is 0.146 e. The van der Waals surface area contributed by atoms with Crippen LogP contribution < -0.4 is 15.4 Å². The van der Waals surface area contributed by atoms with Crippen LogP contribution >= 0.6 is 0 Å². The Balaban J connectivity index is 1.48. The molecule has 4 rings (SSSR count). The molecule has 24 heavy (non-hydrogen) atoms. The Morgan fingerprint density at radius 1 is 1.12 bits per heavy atom. The van der Waals surface area contributed by atoms with Crippen molar-refractivity contribution in [3.63, 3.8) is 0 Å². The molecule has 1 aliphatic rings. The first-order valence-corrected chi connectivity index (χ1v) is 8.13. The summed E-state index contributed by atoms with van der Waals surface area (Å²) in [6.07, 6.45) is 8.24. The zero-order valence-corrected chi connectivity index (χ0v) is 13.3. The number of anilines is 1. The molecule has 1 fully saturated rings. The summed E-state index contributed by atoms with van der Waals surface area (Å²) in [6, 6.07) is 8.01. The molecule has 1 aromatic carbocycles. The predicted molar refractivity (Wildman–Crippen MR) is 93.0 cm³/mol. The Morgan fingerprint density at radius 2 is 2.04 bits per heavy atom. The standard InChI is InChI=1S/C18H19N5O/c1-2-15-16(22-8-7-21-15)9-13(1)10-23-17-12-20-6-4-18(17)24-14-3-5-19-11-14/h1-2,4,6-9,12,14,19,23H,3,5,10-11H2/t14-/m0/s1. The van der Waals surface area contributed by atoms with E-state index >= 15 is 0 Å². The van der Waals surface area contributed by atoms with Crippen LogP contribution in [0.2, 0.25) is 0 Å². The van der Waals surface area contributed by atoms with Crippen LogP contribution in [-0.4, -0.2) is 34.1 Å². The number of nitrogens with zero attached hydrogens (tertiary/aromatic N) is 3. The van der Waals surface area contributed by atoms with Gasteiger partial charge >= 0.3 is 0 Å². The third kappa shape index (κ3) is 3.28. The molecule has 6 heteroatoms. The summed E-state index contributed by atoms with van der Waals surface area (Å²) >= 11 is 0. The number of rotatable bonds is 5. The van der Waals surface area contributed by atoms with Crippen molar-refractivity contribution in [3.8, 4) is 5.75 Å². The molecule has 0 aliphatic carbocycles. The maximum atomic E-state index is 6.08. The smallest absolute Gasteiger partial charge is 0.146 e. The van der Waals surface area contributed by atoms with Gasteiger partial charge in [-0.3, -0.25) is 15.0 Å². The summed E-state index contributed by atoms with van der Waals surface area (Å²) < 4.78 is 6.08. The third-order valence-corrected chi connectivity index (χ3v) is 4.11. The molecule has 3 aromatic rings. The Hall–Kier alpha value is -2.73. The van der Waals surface area contributed by atoms with Crippen LogP contribution in [0.25, 0.3) is 11.0 Å². The van der Waals surface area contributed by atoms with Gasteiger partial charge in [-0.25, -0.2) is 0 Å². The van der Waals surface area contributed by atoms with E-state index in [1.54, 1.807) is 24.8 Å². The van der Waals surface area contributed by atoms with Crippen molar-refractivity contribution in [2.45, 2.75) is 19.1 Å². The minimum absolute atomic E-state index is 0.226. The number of hydrogen-bond acceptors (Lipinski definition) is 6. The molecule has 1 saturated heterocycles. The molecule has 3 heterocycles. The Labute approximate surface area is 140 Å². The summed E-state index contributed by atoms with van der Waals surface area (Å²) in [5, 5.41) is 6.73. The van der Waals surface area contributed by atoms with Gasteiger partial charge in [0.1, 0.15) is 11.9 Å². The highest BCUT2D eigenvalue weighted by Gasteiger charge is 2.17. The lowest BCUT2D eigenvalue weighted by Crippen LogP contribution is -2.20. The summed E-state index contributed by atoms with van der Waals surface area (Å²) in [5.74, 6) is 0.847. The fourth-order valence-electron chi connectivity index (χ4n) is 2.84. The number of benzene rings is 1. The highest BCUT2D eigenvalue weighted by Crippen LogP contribution is 2.25. The normalized spacial score (nSPS) is 17.1. The van der Waals surface area contributed by atoms with E-state index in [4.69, 9.17) is 4.74 Å². The molecule has 0 bridgehead atoms. The van der Waals surface area contributed by atoms with Gasteiger partial charge in [0.2, 0.25) is 0 Å². The van der Waals surface area contributed by atoms with E-state index in [1.807, 2.05) is 18.2 Å². The van der Waals surface area contributed by atoms with Crippen molar-refractivity contribution in [1.82, 2.24) is 20.3 Å². The van der Waals surface area contributed by atoms with Crippen molar-refractivity contribution in [1.29, 1.82) is 0 Å². The van der Waals surface area contributed by atoms with Gasteiger partial charge in [-0.15, -0.1) is 0 Å². The van der Waals surface area contributed by atoms with Gasteiger partial charge in [0.25, 0.3) is 0 Å². The van der Waals surface area contributed by atoms with Crippen molar-refractivity contribution >= 4 is 16.7 Å². The SMILES string of the molecule is c1cc(O[C@H]2CCNC2)c(NCc2ccc3nccnc3c2)cn1. The van der Waals surface area contributed by atoms with E-state index in [9.17, 15) is 0 Å². The Kier molecular flexibility index (Phi) is 4.20. The summed E-state index contributed by atoms with van der Waals surface area (Å²) in [6.45, 7) is 2.58. The summed E-state index contributed by atoms with van der Waals surface area (Å²) in [5.41, 5.74) is 3.85. The Morgan fingerprint density at radius 3 is 2.92 bits per heavy atom. The first kappa shape index (κ1) is 14.8. The molecule has 0 saturated carbocycles. The van der Waals surface area contributed by atoms with E-state index in [2.05, 4.69) is 31.7 Å². The number of nitrogens with one attached hydrogen (secondary N) is 2. The first-order valence-electron chi connectivity index (χ1n) is 8.13. The largest absolute Gasteiger partial charge is 0.487 e. The van der Waals surface area contributed by atoms with Gasteiger partial charge in [-0.05, 0) is 30.7 Å². The fourth-order valence-corrected chi connectivity index (χ4v) is 2.84. The molecule has 0 radical (unpaired) electrons. The second-order valence-electron chi connectivity index (χ2n) is 5.84. The third-order valence-electron chi connectivity index (χ3n) is 4.11. The molecule has 0 amide bonds. The van der Waals surface area contributed by atoms with Crippen molar-refractivity contribution in [2.75, 3.05) is 18.4 Å². The highest BCUT2D eigenvalue weighted by atomic mass is 16.5. The fraction of sp³-hybridized carbons (Fsp3) is 0.278. The minimum atomic E-state index is 0.226. The van der Waals surface area contributed by atoms with Crippen molar-refractivity contribution in [2.24, 2.45) is 0 Å². The molecule has 122 valence electrons. The molecule has 0 spiro atoms. The Bertz CT molecular complexity index is 832. The van der Waals surface area contributed by atoms with Gasteiger partial charge < -0.3 is 15.4 Å². The maximum absolute atomic E-state index is 6.08. The van der Waals surface area contributed by atoms with Crippen LogP contribution in [0, 0.1) is 0 Å². The molecule has 1 atom stereocenters. The van der Waals surface area contributed by atoms with Crippen LogP contribution in [0.1, 0.15) is 12.0 Å². The van der Waals surface area contributed by atoms with E-state index in [-0.39, 0.29) is 6.10 Å². The zero-order chi connectivity index (χ0) is 16.2. The number of ether oxygens (including phenoxy) is 1. The van der Waals surface area contributed by atoms with Gasteiger partial charge in [0.05, 0.1) is 22.9 Å². The second kappa shape index (κ2) is 6.80. The number of pyridine rings is 1. The van der Waals surface area contributed by atoms with Crippen molar-refractivity contribution < 1.29 is 4.74 Å². The first-order chi connectivity index (χ1) is 11.9. The average Bonchev–Trinajstić information content (AvgIpc) is 3.14. The monoisotopic (exact) mass is 321 g/mol. The van der Waals surface area contributed by atoms with E-state index in [1.165, 1.54) is 0 Å². The lowest BCUT2D eigenvalue weighted by atomic mass is 10.2. The second-order valence-corrected chi connectivity index (χ2v) is 5.84. The van der Waals surface area contributed by atoms with Crippen LogP contribution in [0.15, 0.2) is 49.1 Å². The molecule has 1 aliphatic heterocycles. The van der Waals surface area contributed by atoms with Crippen LogP contribution in [0.4, 0.5) is 5.69 Å². The molecular weight excluding hydrogens is 302 g/mol. The number of hydrogen-bond donors (Lipinski definition) is 2. The average molecular weight is 321 g/mol. The van der Waals surface area contributed by atoms with Crippen LogP contribution in [-0.2, 0) is 6.54 Å². The van der Waals surface area contributed by atoms with Crippen LogP contribution in [0.5, 0.6) is 5.75 Å². The van der Waals surface area contributed by atoms with Gasteiger partial charge in [-0.2, -0.15) is 0 Å². The molecule has 2 aromatic heterocycles. The number of aromatic nitrogens is 3. The summed E-state index contributed by atoms with van der Waals surface area (Å²) in [4.78, 5) is 12.8. The lowest BCUT2D eigenvalue weighted by Gasteiger charge is -2.16. The van der Waals surface area contributed by atoms with Gasteiger partial charge in [0, 0.05) is 37.7 Å². The molecular formula is C18H19N5O. The quantitative estimate of drug-likeness (QED) is 0.752. The zero-order valence-electron chi connectivity index (χ0n) is 13.3. The van der Waals surface area contributed by atoms with E-state index in [0.29, 0.717) is 6.54 Å². The molecule has 6 nitrogen and oxygen atoms in total. The van der Waals surface area contributed by atoms with Gasteiger partial charge in [-0.1, -0.05) is 6.07 Å². The predicted octanol–water partition coefficient (Wildman–Crippen LogP) is 2.38. The van der Waals surface area contributed by atoms with Gasteiger partial charge in [0.15, 0.2) is 0 Å². The van der Waals surface area contributed by atoms with Crippen LogP contribution in [0.3, 0.4) is 0 Å². The van der Waals surface area contributed by atoms with Crippen molar-refractivity contribution in [3.05, 3.63) is 54.6 Å². The van der Waals surface area contributed by atoms with E-state index < -0.39 is 0 Å². The minimum Gasteiger partial charge on any atom is -0.487 e. The topological polar surface area (TPSA) is 72.0 Å². The van der Waals surface area contributed by atoms with E-state index in [0.717, 1.165) is 47.5 Å². The number of fused-ring (bicyclic) bond motifs is 1. The highest BCUT2D eigenvalue weighted by molar-refractivity contribution is 5.74. The molecule has 0 unspecified atom stereocenters. The summed E-state index contributed by atoms with van der Waals surface area (Å²) in [7, 11) is 0.